The van der Waals surface area contributed by atoms with E-state index >= 15 is 0 Å². The maximum absolute atomic E-state index is 11.4. The minimum absolute atomic E-state index is 0.0193. The number of rotatable bonds is 4. The van der Waals surface area contributed by atoms with Crippen LogP contribution >= 0.6 is 0 Å². The van der Waals surface area contributed by atoms with Gasteiger partial charge in [0.1, 0.15) is 0 Å². The van der Waals surface area contributed by atoms with Crippen LogP contribution in [0.1, 0.15) is 23.3 Å². The number of ether oxygens (including phenoxy) is 1. The Bertz CT molecular complexity index is 668. The monoisotopic (exact) mass is 287 g/mol. The first-order valence-electron chi connectivity index (χ1n) is 6.98. The third-order valence-electron chi connectivity index (χ3n) is 3.73. The number of aromatic carboxylic acids is 1. The van der Waals surface area contributed by atoms with Gasteiger partial charge in [0.05, 0.1) is 17.3 Å². The third kappa shape index (κ3) is 2.67. The van der Waals surface area contributed by atoms with E-state index in [1.54, 1.807) is 0 Å². The summed E-state index contributed by atoms with van der Waals surface area (Å²) < 4.78 is 5.63. The molecule has 1 aromatic heterocycles. The lowest BCUT2D eigenvalue weighted by molar-refractivity contribution is 0.0689. The van der Waals surface area contributed by atoms with Crippen LogP contribution in [0.25, 0.3) is 10.9 Å². The quantitative estimate of drug-likeness (QED) is 0.926. The van der Waals surface area contributed by atoms with Crippen molar-refractivity contribution in [2.24, 2.45) is 0 Å². The van der Waals surface area contributed by atoms with E-state index in [9.17, 15) is 9.90 Å². The van der Waals surface area contributed by atoms with Gasteiger partial charge in [-0.15, -0.1) is 10.2 Å². The van der Waals surface area contributed by atoms with Crippen molar-refractivity contribution >= 4 is 22.6 Å². The number of carbonyl (C=O) groups is 1. The number of hydrogen-bond donors (Lipinski definition) is 1. The summed E-state index contributed by atoms with van der Waals surface area (Å²) in [7, 11) is 1.87. The van der Waals surface area contributed by atoms with Crippen molar-refractivity contribution in [2.75, 3.05) is 25.1 Å². The van der Waals surface area contributed by atoms with Crippen molar-refractivity contribution in [3.05, 3.63) is 30.0 Å². The van der Waals surface area contributed by atoms with Gasteiger partial charge in [0, 0.05) is 25.6 Å². The zero-order valence-corrected chi connectivity index (χ0v) is 11.8. The Morgan fingerprint density at radius 2 is 2.24 bits per heavy atom. The average Bonchev–Trinajstić information content (AvgIpc) is 2.98. The van der Waals surface area contributed by atoms with Gasteiger partial charge in [0.2, 0.25) is 0 Å². The van der Waals surface area contributed by atoms with E-state index in [0.717, 1.165) is 24.8 Å². The van der Waals surface area contributed by atoms with E-state index in [0.29, 0.717) is 17.7 Å². The van der Waals surface area contributed by atoms with Crippen molar-refractivity contribution in [2.45, 2.75) is 18.9 Å². The molecule has 2 aromatic rings. The molecule has 1 N–H and O–H groups in total. The van der Waals surface area contributed by atoms with Gasteiger partial charge in [-0.1, -0.05) is 18.2 Å². The molecule has 1 aromatic carbocycles. The van der Waals surface area contributed by atoms with Crippen LogP contribution in [0.5, 0.6) is 0 Å². The van der Waals surface area contributed by atoms with Crippen molar-refractivity contribution in [1.82, 2.24) is 10.2 Å². The van der Waals surface area contributed by atoms with E-state index in [-0.39, 0.29) is 11.8 Å². The Hall–Kier alpha value is -2.21. The summed E-state index contributed by atoms with van der Waals surface area (Å²) >= 11 is 0. The first-order chi connectivity index (χ1) is 10.2. The Morgan fingerprint density at radius 1 is 1.43 bits per heavy atom. The number of likely N-dealkylation sites (N-methyl/N-ethyl adjacent to an activating group) is 1. The minimum Gasteiger partial charge on any atom is -0.476 e. The largest absolute Gasteiger partial charge is 0.476 e. The lowest BCUT2D eigenvalue weighted by Crippen LogP contribution is -2.30. The fraction of sp³-hybridized carbons (Fsp3) is 0.400. The molecular weight excluding hydrogens is 270 g/mol. The average molecular weight is 287 g/mol. The number of benzene rings is 1. The van der Waals surface area contributed by atoms with Gasteiger partial charge in [-0.25, -0.2) is 4.79 Å². The Balaban J connectivity index is 2.04. The highest BCUT2D eigenvalue weighted by Crippen LogP contribution is 2.28. The van der Waals surface area contributed by atoms with Gasteiger partial charge in [-0.05, 0) is 18.9 Å². The minimum atomic E-state index is -1.07. The summed E-state index contributed by atoms with van der Waals surface area (Å²) in [6, 6.07) is 7.44. The molecule has 21 heavy (non-hydrogen) atoms. The zero-order chi connectivity index (χ0) is 14.8. The molecule has 2 heterocycles. The number of carboxylic acids is 1. The van der Waals surface area contributed by atoms with Gasteiger partial charge in [0.25, 0.3) is 0 Å². The van der Waals surface area contributed by atoms with Gasteiger partial charge in [0.15, 0.2) is 5.69 Å². The number of carboxylic acid groups (broad SMARTS) is 1. The second kappa shape index (κ2) is 5.65. The normalized spacial score (nSPS) is 18.0. The standard InChI is InChI=1S/C15H17N3O3/c1-18(9-10-5-4-8-21-10)14-11-6-2-3-7-12(11)16-17-13(14)15(19)20/h2-3,6-7,10H,4-5,8-9H2,1H3,(H,19,20). The molecule has 1 fully saturated rings. The second-order valence-electron chi connectivity index (χ2n) is 5.24. The van der Waals surface area contributed by atoms with E-state index in [2.05, 4.69) is 10.2 Å². The molecule has 6 heteroatoms. The molecule has 110 valence electrons. The molecule has 0 spiro atoms. The first-order valence-corrected chi connectivity index (χ1v) is 6.98. The topological polar surface area (TPSA) is 75.5 Å². The molecule has 1 aliphatic rings. The van der Waals surface area contributed by atoms with Gasteiger partial charge < -0.3 is 14.7 Å². The predicted molar refractivity (Wildman–Crippen MR) is 78.7 cm³/mol. The highest BCUT2D eigenvalue weighted by molar-refractivity contribution is 6.02. The number of anilines is 1. The maximum Gasteiger partial charge on any atom is 0.358 e. The highest BCUT2D eigenvalue weighted by Gasteiger charge is 2.23. The van der Waals surface area contributed by atoms with Crippen LogP contribution in [0.15, 0.2) is 24.3 Å². The lowest BCUT2D eigenvalue weighted by atomic mass is 10.1. The van der Waals surface area contributed by atoms with Crippen LogP contribution < -0.4 is 4.90 Å². The molecular formula is C15H17N3O3. The smallest absolute Gasteiger partial charge is 0.358 e. The van der Waals surface area contributed by atoms with Crippen molar-refractivity contribution in [3.8, 4) is 0 Å². The number of hydrogen-bond acceptors (Lipinski definition) is 5. The Kier molecular flexibility index (Phi) is 3.70. The Labute approximate surface area is 122 Å². The second-order valence-corrected chi connectivity index (χ2v) is 5.24. The summed E-state index contributed by atoms with van der Waals surface area (Å²) in [6.07, 6.45) is 2.20. The van der Waals surface area contributed by atoms with Gasteiger partial charge in [-0.2, -0.15) is 0 Å². The molecule has 1 atom stereocenters. The van der Waals surface area contributed by atoms with Gasteiger partial charge >= 0.3 is 5.97 Å². The molecule has 0 amide bonds. The molecule has 0 aliphatic carbocycles. The van der Waals surface area contributed by atoms with Gasteiger partial charge in [-0.3, -0.25) is 0 Å². The summed E-state index contributed by atoms with van der Waals surface area (Å²) in [6.45, 7) is 1.43. The summed E-state index contributed by atoms with van der Waals surface area (Å²) in [5, 5.41) is 18.0. The first kappa shape index (κ1) is 13.8. The van der Waals surface area contributed by atoms with Crippen LogP contribution in [0, 0.1) is 0 Å². The number of fused-ring (bicyclic) bond motifs is 1. The van der Waals surface area contributed by atoms with Crippen LogP contribution in [0.3, 0.4) is 0 Å². The molecule has 1 unspecified atom stereocenters. The van der Waals surface area contributed by atoms with E-state index in [4.69, 9.17) is 4.74 Å². The van der Waals surface area contributed by atoms with E-state index in [1.807, 2.05) is 36.2 Å². The molecule has 3 rings (SSSR count). The third-order valence-corrected chi connectivity index (χ3v) is 3.73. The molecule has 1 aliphatic heterocycles. The van der Waals surface area contributed by atoms with Crippen LogP contribution in [-0.2, 0) is 4.74 Å². The van der Waals surface area contributed by atoms with Crippen molar-refractivity contribution in [3.63, 3.8) is 0 Å². The summed E-state index contributed by atoms with van der Waals surface area (Å²) in [5.74, 6) is -1.07. The molecule has 0 saturated carbocycles. The van der Waals surface area contributed by atoms with Crippen LogP contribution in [0.4, 0.5) is 5.69 Å². The summed E-state index contributed by atoms with van der Waals surface area (Å²) in [4.78, 5) is 13.4. The molecule has 6 nitrogen and oxygen atoms in total. The SMILES string of the molecule is CN(CC1CCCO1)c1c(C(=O)O)nnc2ccccc12. The van der Waals surface area contributed by atoms with E-state index < -0.39 is 5.97 Å². The van der Waals surface area contributed by atoms with Crippen molar-refractivity contribution in [1.29, 1.82) is 0 Å². The Morgan fingerprint density at radius 3 is 2.95 bits per heavy atom. The van der Waals surface area contributed by atoms with Crippen LogP contribution in [0.2, 0.25) is 0 Å². The fourth-order valence-electron chi connectivity index (χ4n) is 2.76. The van der Waals surface area contributed by atoms with Crippen molar-refractivity contribution < 1.29 is 14.6 Å². The zero-order valence-electron chi connectivity index (χ0n) is 11.8. The van der Waals surface area contributed by atoms with Crippen LogP contribution in [-0.4, -0.2) is 47.6 Å². The molecule has 0 radical (unpaired) electrons. The molecule has 0 bridgehead atoms. The fourth-order valence-corrected chi connectivity index (χ4v) is 2.76. The highest BCUT2D eigenvalue weighted by atomic mass is 16.5. The predicted octanol–water partition coefficient (Wildman–Crippen LogP) is 1.94. The number of nitrogens with zero attached hydrogens (tertiary/aromatic N) is 3. The number of aromatic nitrogens is 2. The molecule has 1 saturated heterocycles. The lowest BCUT2D eigenvalue weighted by Gasteiger charge is -2.24. The van der Waals surface area contributed by atoms with E-state index in [1.165, 1.54) is 0 Å². The summed E-state index contributed by atoms with van der Waals surface area (Å²) in [5.41, 5.74) is 1.27. The maximum atomic E-state index is 11.4.